The van der Waals surface area contributed by atoms with Crippen LogP contribution in [0.1, 0.15) is 5.56 Å². The summed E-state index contributed by atoms with van der Waals surface area (Å²) in [4.78, 5) is 14.8. The van der Waals surface area contributed by atoms with Crippen molar-refractivity contribution in [3.05, 3.63) is 54.1 Å². The summed E-state index contributed by atoms with van der Waals surface area (Å²) in [6.45, 7) is 2.41. The van der Waals surface area contributed by atoms with Gasteiger partial charge in [-0.3, -0.25) is 9.00 Å². The highest BCUT2D eigenvalue weighted by Crippen LogP contribution is 2.28. The van der Waals surface area contributed by atoms with E-state index in [0.717, 1.165) is 16.1 Å². The predicted octanol–water partition coefficient (Wildman–Crippen LogP) is 2.53. The van der Waals surface area contributed by atoms with Crippen LogP contribution >= 0.6 is 0 Å². The molecule has 1 amide bonds. The number of carbonyl (C=O) groups is 1. The Morgan fingerprint density at radius 1 is 1.23 bits per heavy atom. The number of nitrogens with zero attached hydrogens (tertiary/aromatic N) is 1. The van der Waals surface area contributed by atoms with E-state index in [4.69, 9.17) is 4.74 Å². The van der Waals surface area contributed by atoms with Crippen LogP contribution in [0.2, 0.25) is 0 Å². The molecular weight excluding hydrogens is 298 g/mol. The molecule has 2 aromatic rings. The van der Waals surface area contributed by atoms with Gasteiger partial charge in [-0.2, -0.15) is 0 Å². The molecule has 1 aliphatic rings. The molecule has 0 radical (unpaired) electrons. The van der Waals surface area contributed by atoms with Crippen molar-refractivity contribution in [2.45, 2.75) is 11.8 Å². The fraction of sp³-hybridized carbons (Fsp3) is 0.235. The molecule has 0 fully saturated rings. The van der Waals surface area contributed by atoms with Crippen molar-refractivity contribution in [1.82, 2.24) is 0 Å². The summed E-state index contributed by atoms with van der Waals surface area (Å²) in [5.41, 5.74) is 1.81. The molecule has 0 spiro atoms. The fourth-order valence-electron chi connectivity index (χ4n) is 2.46. The van der Waals surface area contributed by atoms with E-state index in [0.29, 0.717) is 18.0 Å². The number of benzene rings is 2. The molecule has 1 unspecified atom stereocenters. The minimum atomic E-state index is -1.03. The minimum absolute atomic E-state index is 0.0234. The Morgan fingerprint density at radius 3 is 2.86 bits per heavy atom. The molecule has 4 nitrogen and oxygen atoms in total. The molecule has 1 aliphatic heterocycles. The molecule has 0 saturated carbocycles. The number of para-hydroxylation sites is 1. The summed E-state index contributed by atoms with van der Waals surface area (Å²) in [6, 6.07) is 14.9. The van der Waals surface area contributed by atoms with Gasteiger partial charge in [0, 0.05) is 12.3 Å². The van der Waals surface area contributed by atoms with E-state index >= 15 is 0 Å². The Kier molecular flexibility index (Phi) is 4.24. The van der Waals surface area contributed by atoms with E-state index in [1.165, 1.54) is 0 Å². The van der Waals surface area contributed by atoms with Gasteiger partial charge in [-0.25, -0.2) is 0 Å². The van der Waals surface area contributed by atoms with Crippen LogP contribution in [-0.2, 0) is 15.6 Å². The maximum absolute atomic E-state index is 12.4. The van der Waals surface area contributed by atoms with Gasteiger partial charge in [0.15, 0.2) is 6.61 Å². The number of rotatable bonds is 3. The summed E-state index contributed by atoms with van der Waals surface area (Å²) in [5, 5.41) is 0. The number of aryl methyl sites for hydroxylation is 1. The lowest BCUT2D eigenvalue weighted by molar-refractivity contribution is -0.120. The van der Waals surface area contributed by atoms with Crippen LogP contribution in [0.15, 0.2) is 53.4 Å². The maximum Gasteiger partial charge on any atom is 0.264 e. The van der Waals surface area contributed by atoms with Crippen LogP contribution in [0.5, 0.6) is 5.75 Å². The average Bonchev–Trinajstić information content (AvgIpc) is 2.53. The second-order valence-corrected chi connectivity index (χ2v) is 6.71. The smallest absolute Gasteiger partial charge is 0.264 e. The molecule has 5 heteroatoms. The molecule has 22 heavy (non-hydrogen) atoms. The number of hydrogen-bond acceptors (Lipinski definition) is 3. The van der Waals surface area contributed by atoms with E-state index in [2.05, 4.69) is 0 Å². The van der Waals surface area contributed by atoms with Crippen molar-refractivity contribution >= 4 is 22.4 Å². The second kappa shape index (κ2) is 6.32. The van der Waals surface area contributed by atoms with Crippen molar-refractivity contribution in [2.75, 3.05) is 23.8 Å². The van der Waals surface area contributed by atoms with Gasteiger partial charge in [0.05, 0.1) is 21.4 Å². The standard InChI is InChI=1S/C17H17NO3S/c1-13-5-4-6-14(11-13)21-12-17(19)18-9-10-22(20)16-8-3-2-7-15(16)18/h2-8,11H,9-10,12H2,1H3. The first-order valence-corrected chi connectivity index (χ1v) is 8.44. The quantitative estimate of drug-likeness (QED) is 0.874. The maximum atomic E-state index is 12.4. The van der Waals surface area contributed by atoms with Crippen molar-refractivity contribution < 1.29 is 13.7 Å². The molecule has 0 saturated heterocycles. The van der Waals surface area contributed by atoms with Crippen molar-refractivity contribution in [1.29, 1.82) is 0 Å². The summed E-state index contributed by atoms with van der Waals surface area (Å²) in [6.07, 6.45) is 0. The zero-order valence-electron chi connectivity index (χ0n) is 12.3. The molecule has 0 bridgehead atoms. The van der Waals surface area contributed by atoms with Crippen LogP contribution in [0.4, 0.5) is 5.69 Å². The van der Waals surface area contributed by atoms with E-state index < -0.39 is 10.8 Å². The van der Waals surface area contributed by atoms with E-state index in [1.54, 1.807) is 4.90 Å². The van der Waals surface area contributed by atoms with Gasteiger partial charge in [-0.1, -0.05) is 24.3 Å². The number of anilines is 1. The normalized spacial score (nSPS) is 17.0. The zero-order chi connectivity index (χ0) is 15.5. The van der Waals surface area contributed by atoms with Gasteiger partial charge >= 0.3 is 0 Å². The topological polar surface area (TPSA) is 46.6 Å². The highest BCUT2D eigenvalue weighted by Gasteiger charge is 2.26. The Bertz CT molecular complexity index is 729. The number of hydrogen-bond donors (Lipinski definition) is 0. The Balaban J connectivity index is 1.73. The number of amides is 1. The van der Waals surface area contributed by atoms with E-state index in [-0.39, 0.29) is 12.5 Å². The van der Waals surface area contributed by atoms with Gasteiger partial charge in [-0.15, -0.1) is 0 Å². The lowest BCUT2D eigenvalue weighted by Gasteiger charge is -2.28. The predicted molar refractivity (Wildman–Crippen MR) is 86.7 cm³/mol. The number of ether oxygens (including phenoxy) is 1. The Morgan fingerprint density at radius 2 is 2.05 bits per heavy atom. The van der Waals surface area contributed by atoms with Gasteiger partial charge in [0.2, 0.25) is 0 Å². The van der Waals surface area contributed by atoms with Gasteiger partial charge in [-0.05, 0) is 36.8 Å². The second-order valence-electron chi connectivity index (χ2n) is 5.17. The van der Waals surface area contributed by atoms with Gasteiger partial charge < -0.3 is 9.64 Å². The van der Waals surface area contributed by atoms with E-state index in [1.807, 2.05) is 55.5 Å². The third-order valence-electron chi connectivity index (χ3n) is 3.55. The van der Waals surface area contributed by atoms with Crippen LogP contribution < -0.4 is 9.64 Å². The summed E-state index contributed by atoms with van der Waals surface area (Å²) in [5.74, 6) is 1.03. The molecule has 0 N–H and O–H groups in total. The zero-order valence-corrected chi connectivity index (χ0v) is 13.1. The first-order valence-electron chi connectivity index (χ1n) is 7.12. The first kappa shape index (κ1) is 14.8. The third-order valence-corrected chi connectivity index (χ3v) is 4.94. The Hall–Kier alpha value is -2.14. The van der Waals surface area contributed by atoms with Crippen LogP contribution in [0, 0.1) is 6.92 Å². The molecule has 3 rings (SSSR count). The average molecular weight is 315 g/mol. The van der Waals surface area contributed by atoms with Crippen LogP contribution in [0.25, 0.3) is 0 Å². The molecule has 2 aromatic carbocycles. The van der Waals surface area contributed by atoms with Crippen molar-refractivity contribution in [3.8, 4) is 5.75 Å². The molecule has 0 aliphatic carbocycles. The largest absolute Gasteiger partial charge is 0.484 e. The summed E-state index contributed by atoms with van der Waals surface area (Å²) in [7, 11) is -1.03. The summed E-state index contributed by atoms with van der Waals surface area (Å²) >= 11 is 0. The molecule has 0 aromatic heterocycles. The monoisotopic (exact) mass is 315 g/mol. The van der Waals surface area contributed by atoms with Crippen molar-refractivity contribution in [3.63, 3.8) is 0 Å². The molecule has 1 heterocycles. The first-order chi connectivity index (χ1) is 10.6. The highest BCUT2D eigenvalue weighted by atomic mass is 32.2. The SMILES string of the molecule is Cc1cccc(OCC(=O)N2CCS(=O)c3ccccc32)c1. The Labute approximate surface area is 132 Å². The molecule has 114 valence electrons. The number of carbonyl (C=O) groups excluding carboxylic acids is 1. The lowest BCUT2D eigenvalue weighted by Crippen LogP contribution is -2.40. The number of fused-ring (bicyclic) bond motifs is 1. The third kappa shape index (κ3) is 3.04. The van der Waals surface area contributed by atoms with Gasteiger partial charge in [0.25, 0.3) is 5.91 Å². The minimum Gasteiger partial charge on any atom is -0.484 e. The van der Waals surface area contributed by atoms with Crippen LogP contribution in [0.3, 0.4) is 0 Å². The van der Waals surface area contributed by atoms with E-state index in [9.17, 15) is 9.00 Å². The molecular formula is C17H17NO3S. The highest BCUT2D eigenvalue weighted by molar-refractivity contribution is 7.85. The lowest BCUT2D eigenvalue weighted by atomic mass is 10.2. The van der Waals surface area contributed by atoms with Crippen LogP contribution in [-0.4, -0.2) is 29.0 Å². The fourth-order valence-corrected chi connectivity index (χ4v) is 3.67. The van der Waals surface area contributed by atoms with Crippen molar-refractivity contribution in [2.24, 2.45) is 0 Å². The molecule has 1 atom stereocenters. The summed E-state index contributed by atoms with van der Waals surface area (Å²) < 4.78 is 17.6. The van der Waals surface area contributed by atoms with Gasteiger partial charge in [0.1, 0.15) is 5.75 Å².